The van der Waals surface area contributed by atoms with E-state index in [2.05, 4.69) is 64.1 Å². The molecule has 2 aromatic rings. The maximum Gasteiger partial charge on any atom is 0.233 e. The molecule has 5 rings (SSSR count). The van der Waals surface area contributed by atoms with E-state index in [0.29, 0.717) is 19.0 Å². The summed E-state index contributed by atoms with van der Waals surface area (Å²) in [5.74, 6) is 0.952. The Morgan fingerprint density at radius 3 is 2.50 bits per heavy atom. The average molecular weight is 547 g/mol. The Labute approximate surface area is 205 Å². The van der Waals surface area contributed by atoms with Crippen LogP contribution < -0.4 is 10.6 Å². The van der Waals surface area contributed by atoms with Crippen LogP contribution in [0.4, 0.5) is 0 Å². The lowest BCUT2D eigenvalue weighted by Crippen LogP contribution is -2.44. The number of nitrogens with one attached hydrogen (secondary N) is 3. The van der Waals surface area contributed by atoms with Crippen LogP contribution in [0.2, 0.25) is 0 Å². The number of carbonyl (C=O) groups excluding carboxylic acids is 2. The average Bonchev–Trinajstić information content (AvgIpc) is 3.53. The molecule has 8 heteroatoms. The largest absolute Gasteiger partial charge is 0.361 e. The fraction of sp³-hybridized carbons (Fsp3) is 0.458. The second kappa shape index (κ2) is 9.25. The van der Waals surface area contributed by atoms with Crippen LogP contribution in [0, 0.1) is 30.6 Å². The van der Waals surface area contributed by atoms with Crippen LogP contribution in [0.25, 0.3) is 10.9 Å². The highest BCUT2D eigenvalue weighted by Crippen LogP contribution is 2.52. The number of guanidine groups is 1. The van der Waals surface area contributed by atoms with Gasteiger partial charge >= 0.3 is 0 Å². The van der Waals surface area contributed by atoms with Crippen molar-refractivity contribution < 1.29 is 9.59 Å². The number of halogens is 1. The van der Waals surface area contributed by atoms with E-state index in [-0.39, 0.29) is 59.5 Å². The van der Waals surface area contributed by atoms with Crippen molar-refractivity contribution in [2.24, 2.45) is 28.7 Å². The minimum absolute atomic E-state index is 0. The van der Waals surface area contributed by atoms with Crippen LogP contribution >= 0.6 is 24.0 Å². The Morgan fingerprint density at radius 2 is 1.81 bits per heavy atom. The van der Waals surface area contributed by atoms with Crippen molar-refractivity contribution in [3.63, 3.8) is 0 Å². The van der Waals surface area contributed by atoms with Gasteiger partial charge in [0.05, 0.1) is 11.8 Å². The first-order chi connectivity index (χ1) is 15.1. The van der Waals surface area contributed by atoms with Crippen molar-refractivity contribution in [1.29, 1.82) is 0 Å². The molecule has 3 aliphatic rings. The molecule has 0 radical (unpaired) electrons. The zero-order valence-corrected chi connectivity index (χ0v) is 20.8. The first kappa shape index (κ1) is 22.8. The predicted octanol–water partition coefficient (Wildman–Crippen LogP) is 2.61. The first-order valence-corrected chi connectivity index (χ1v) is 11.1. The number of aliphatic imine (C=N–C) groups is 1. The normalized spacial score (nSPS) is 26.1. The van der Waals surface area contributed by atoms with Gasteiger partial charge in [0.15, 0.2) is 5.96 Å². The fourth-order valence-corrected chi connectivity index (χ4v) is 5.58. The quantitative estimate of drug-likeness (QED) is 0.171. The summed E-state index contributed by atoms with van der Waals surface area (Å²) in [5, 5.41) is 7.82. The molecule has 2 bridgehead atoms. The number of aromatic amines is 1. The number of likely N-dealkylation sites (tertiary alicyclic amines) is 1. The molecule has 2 aliphatic carbocycles. The summed E-state index contributed by atoms with van der Waals surface area (Å²) in [4.78, 5) is 34.6. The Morgan fingerprint density at radius 1 is 1.12 bits per heavy atom. The van der Waals surface area contributed by atoms with Gasteiger partial charge in [0.1, 0.15) is 0 Å². The summed E-state index contributed by atoms with van der Waals surface area (Å²) in [7, 11) is 1.73. The predicted molar refractivity (Wildman–Crippen MR) is 136 cm³/mol. The molecule has 4 atom stereocenters. The van der Waals surface area contributed by atoms with Gasteiger partial charge in [0.2, 0.25) is 11.8 Å². The highest BCUT2D eigenvalue weighted by atomic mass is 127. The van der Waals surface area contributed by atoms with E-state index in [4.69, 9.17) is 0 Å². The number of hydrogen-bond donors (Lipinski definition) is 3. The molecule has 0 spiro atoms. The summed E-state index contributed by atoms with van der Waals surface area (Å²) in [5.41, 5.74) is 3.70. The van der Waals surface area contributed by atoms with Crippen LogP contribution in [-0.2, 0) is 16.0 Å². The zero-order valence-electron chi connectivity index (χ0n) is 18.4. The van der Waals surface area contributed by atoms with E-state index < -0.39 is 0 Å². The number of carbonyl (C=O) groups is 2. The maximum atomic E-state index is 12.8. The molecule has 32 heavy (non-hydrogen) atoms. The van der Waals surface area contributed by atoms with E-state index in [1.165, 1.54) is 26.9 Å². The molecule has 7 nitrogen and oxygen atoms in total. The molecule has 1 aliphatic heterocycles. The molecule has 2 heterocycles. The van der Waals surface area contributed by atoms with Gasteiger partial charge in [-0.3, -0.25) is 19.5 Å². The van der Waals surface area contributed by atoms with Crippen LogP contribution in [0.5, 0.6) is 0 Å². The van der Waals surface area contributed by atoms with Crippen molar-refractivity contribution in [2.45, 2.75) is 19.8 Å². The molecule has 2 fully saturated rings. The monoisotopic (exact) mass is 547 g/mol. The van der Waals surface area contributed by atoms with Crippen LogP contribution in [-0.4, -0.2) is 54.3 Å². The number of imide groups is 1. The Bertz CT molecular complexity index is 1060. The molecule has 4 unspecified atom stereocenters. The van der Waals surface area contributed by atoms with E-state index in [0.717, 1.165) is 19.4 Å². The Balaban J connectivity index is 0.00000245. The topological polar surface area (TPSA) is 89.6 Å². The summed E-state index contributed by atoms with van der Waals surface area (Å²) in [6.07, 6.45) is 8.15. The number of fused-ring (bicyclic) bond motifs is 6. The number of aromatic nitrogens is 1. The molecule has 1 aromatic carbocycles. The second-order valence-corrected chi connectivity index (χ2v) is 8.82. The van der Waals surface area contributed by atoms with E-state index in [9.17, 15) is 9.59 Å². The lowest BCUT2D eigenvalue weighted by Gasteiger charge is -2.18. The van der Waals surface area contributed by atoms with Gasteiger partial charge < -0.3 is 15.6 Å². The van der Waals surface area contributed by atoms with Crippen LogP contribution in [0.1, 0.15) is 17.5 Å². The number of rotatable bonds is 6. The summed E-state index contributed by atoms with van der Waals surface area (Å²) < 4.78 is 0. The van der Waals surface area contributed by atoms with Gasteiger partial charge in [-0.1, -0.05) is 30.4 Å². The maximum absolute atomic E-state index is 12.8. The third kappa shape index (κ3) is 3.82. The van der Waals surface area contributed by atoms with Crippen LogP contribution in [0.15, 0.2) is 41.5 Å². The van der Waals surface area contributed by atoms with Crippen molar-refractivity contribution in [3.8, 4) is 0 Å². The second-order valence-electron chi connectivity index (χ2n) is 8.82. The van der Waals surface area contributed by atoms with Gasteiger partial charge in [-0.25, -0.2) is 0 Å². The van der Waals surface area contributed by atoms with E-state index in [1.54, 1.807) is 7.05 Å². The number of para-hydroxylation sites is 1. The molecular weight excluding hydrogens is 517 g/mol. The van der Waals surface area contributed by atoms with Crippen molar-refractivity contribution in [3.05, 3.63) is 47.7 Å². The standard InChI is InChI=1S/C24H29N5O2.HI/c1-14-4-3-5-18-17(13-28-21(14)18)8-9-26-24(25-2)27-10-11-29-22(30)19-15-6-7-16(12-15)20(19)23(29)31;/h3-7,13,15-16,19-20,28H,8-12H2,1-2H3,(H2,25,26,27);1H. The van der Waals surface area contributed by atoms with E-state index in [1.807, 2.05) is 0 Å². The number of nitrogens with zero attached hydrogens (tertiary/aromatic N) is 2. The van der Waals surface area contributed by atoms with Gasteiger partial charge in [0, 0.05) is 43.8 Å². The van der Waals surface area contributed by atoms with Gasteiger partial charge in [0.25, 0.3) is 0 Å². The number of H-pyrrole nitrogens is 1. The molecule has 1 saturated heterocycles. The Kier molecular flexibility index (Phi) is 6.60. The summed E-state index contributed by atoms with van der Waals surface area (Å²) >= 11 is 0. The highest BCUT2D eigenvalue weighted by Gasteiger charge is 2.58. The van der Waals surface area contributed by atoms with Crippen molar-refractivity contribution in [2.75, 3.05) is 26.7 Å². The van der Waals surface area contributed by atoms with Gasteiger partial charge in [-0.2, -0.15) is 0 Å². The molecule has 1 aromatic heterocycles. The SMILES string of the molecule is CN=C(NCCc1c[nH]c2c(C)cccc12)NCCN1C(=O)C2C3C=CC(C3)C2C1=O.I. The van der Waals surface area contributed by atoms with Gasteiger partial charge in [-0.05, 0) is 42.7 Å². The van der Waals surface area contributed by atoms with Gasteiger partial charge in [-0.15, -0.1) is 24.0 Å². The number of aryl methyl sites for hydroxylation is 1. The lowest BCUT2D eigenvalue weighted by molar-refractivity contribution is -0.140. The Hall–Kier alpha value is -2.36. The smallest absolute Gasteiger partial charge is 0.233 e. The lowest BCUT2D eigenvalue weighted by atomic mass is 9.85. The minimum Gasteiger partial charge on any atom is -0.361 e. The number of allylic oxidation sites excluding steroid dienone is 2. The molecule has 1 saturated carbocycles. The zero-order chi connectivity index (χ0) is 21.5. The van der Waals surface area contributed by atoms with E-state index >= 15 is 0 Å². The minimum atomic E-state index is -0.125. The summed E-state index contributed by atoms with van der Waals surface area (Å²) in [6.45, 7) is 3.72. The molecule has 2 amide bonds. The van der Waals surface area contributed by atoms with Crippen molar-refractivity contribution >= 4 is 52.7 Å². The third-order valence-corrected chi connectivity index (χ3v) is 7.11. The third-order valence-electron chi connectivity index (χ3n) is 7.11. The van der Waals surface area contributed by atoms with Crippen LogP contribution in [0.3, 0.4) is 0 Å². The summed E-state index contributed by atoms with van der Waals surface area (Å²) in [6, 6.07) is 6.33. The molecule has 170 valence electrons. The highest BCUT2D eigenvalue weighted by molar-refractivity contribution is 14.0. The molecular formula is C24H30IN5O2. The fourth-order valence-electron chi connectivity index (χ4n) is 5.58. The number of hydrogen-bond acceptors (Lipinski definition) is 3. The number of benzene rings is 1. The molecule has 3 N–H and O–H groups in total. The number of amides is 2. The first-order valence-electron chi connectivity index (χ1n) is 11.1. The van der Waals surface area contributed by atoms with Crippen molar-refractivity contribution in [1.82, 2.24) is 20.5 Å².